The molecule has 1 amide bonds. The Bertz CT molecular complexity index is 627. The number of H-pyrrole nitrogens is 2. The second kappa shape index (κ2) is 5.68. The zero-order chi connectivity index (χ0) is 13.8. The highest BCUT2D eigenvalue weighted by molar-refractivity contribution is 5.93. The number of aromatic amines is 2. The van der Waals surface area contributed by atoms with Crippen LogP contribution in [0.5, 0.6) is 0 Å². The van der Waals surface area contributed by atoms with Crippen molar-refractivity contribution < 1.29 is 9.53 Å². The van der Waals surface area contributed by atoms with Gasteiger partial charge in [0.25, 0.3) is 0 Å². The van der Waals surface area contributed by atoms with Gasteiger partial charge in [0.05, 0.1) is 23.6 Å². The number of carbonyl (C=O) groups is 1. The van der Waals surface area contributed by atoms with Crippen LogP contribution in [0.3, 0.4) is 0 Å². The number of methoxy groups -OCH3 is 1. The third-order valence-corrected chi connectivity index (χ3v) is 2.81. The number of benzene rings is 1. The molecule has 7 heteroatoms. The zero-order valence-corrected chi connectivity index (χ0v) is 10.5. The molecule has 5 N–H and O–H groups in total. The summed E-state index contributed by atoms with van der Waals surface area (Å²) in [5.41, 5.74) is 7.12. The monoisotopic (exact) mass is 264 g/mol. The van der Waals surface area contributed by atoms with Gasteiger partial charge in [-0.3, -0.25) is 4.79 Å². The van der Waals surface area contributed by atoms with Crippen LogP contribution in [0.2, 0.25) is 0 Å². The van der Waals surface area contributed by atoms with Gasteiger partial charge in [0.1, 0.15) is 0 Å². The standard InChI is InChI=1S/C12H16N4O3/c1-19-8(6-13)5-11(17)14-7-2-3-9-10(4-7)16-12(18)15-9/h2-4,8H,5-6,13H2,1H3,(H,14,17)(H2,15,16,18). The van der Waals surface area contributed by atoms with Gasteiger partial charge in [0.2, 0.25) is 5.91 Å². The van der Waals surface area contributed by atoms with Gasteiger partial charge in [-0.2, -0.15) is 0 Å². The van der Waals surface area contributed by atoms with Crippen LogP contribution in [0, 0.1) is 0 Å². The molecule has 1 heterocycles. The van der Waals surface area contributed by atoms with Gasteiger partial charge < -0.3 is 25.8 Å². The number of hydrogen-bond donors (Lipinski definition) is 4. The minimum Gasteiger partial charge on any atom is -0.380 e. The van der Waals surface area contributed by atoms with Gasteiger partial charge in [0, 0.05) is 19.3 Å². The molecule has 1 aromatic heterocycles. The van der Waals surface area contributed by atoms with Crippen LogP contribution in [0.1, 0.15) is 6.42 Å². The van der Waals surface area contributed by atoms with E-state index in [9.17, 15) is 9.59 Å². The van der Waals surface area contributed by atoms with E-state index in [1.54, 1.807) is 18.2 Å². The molecule has 0 radical (unpaired) electrons. The second-order valence-electron chi connectivity index (χ2n) is 4.19. The molecule has 7 nitrogen and oxygen atoms in total. The summed E-state index contributed by atoms with van der Waals surface area (Å²) in [6, 6.07) is 5.13. The van der Waals surface area contributed by atoms with E-state index in [1.165, 1.54) is 7.11 Å². The highest BCUT2D eigenvalue weighted by atomic mass is 16.5. The number of aromatic nitrogens is 2. The Morgan fingerprint density at radius 2 is 2.16 bits per heavy atom. The normalized spacial score (nSPS) is 12.5. The molecule has 0 aliphatic heterocycles. The van der Waals surface area contributed by atoms with Crippen molar-refractivity contribution in [3.8, 4) is 0 Å². The Morgan fingerprint density at radius 1 is 1.42 bits per heavy atom. The zero-order valence-electron chi connectivity index (χ0n) is 10.5. The summed E-state index contributed by atoms with van der Waals surface area (Å²) >= 11 is 0. The SMILES string of the molecule is COC(CN)CC(=O)Nc1ccc2[nH]c(=O)[nH]c2c1. The third-order valence-electron chi connectivity index (χ3n) is 2.81. The van der Waals surface area contributed by atoms with E-state index < -0.39 is 0 Å². The Labute approximate surface area is 109 Å². The second-order valence-corrected chi connectivity index (χ2v) is 4.19. The van der Waals surface area contributed by atoms with Crippen molar-refractivity contribution in [1.29, 1.82) is 0 Å². The maximum atomic E-state index is 11.8. The lowest BCUT2D eigenvalue weighted by Crippen LogP contribution is -2.28. The van der Waals surface area contributed by atoms with Crippen molar-refractivity contribution in [1.82, 2.24) is 9.97 Å². The third kappa shape index (κ3) is 3.21. The highest BCUT2D eigenvalue weighted by Crippen LogP contribution is 2.14. The number of ether oxygens (including phenoxy) is 1. The van der Waals surface area contributed by atoms with Gasteiger partial charge in [-0.15, -0.1) is 0 Å². The first-order chi connectivity index (χ1) is 9.12. The lowest BCUT2D eigenvalue weighted by atomic mass is 10.2. The van der Waals surface area contributed by atoms with E-state index >= 15 is 0 Å². The summed E-state index contributed by atoms with van der Waals surface area (Å²) in [7, 11) is 1.52. The molecule has 0 saturated heterocycles. The minimum absolute atomic E-state index is 0.186. The molecule has 0 bridgehead atoms. The fourth-order valence-electron chi connectivity index (χ4n) is 1.79. The van der Waals surface area contributed by atoms with Gasteiger partial charge in [-0.1, -0.05) is 0 Å². The molecule has 19 heavy (non-hydrogen) atoms. The smallest absolute Gasteiger partial charge is 0.323 e. The molecule has 2 rings (SSSR count). The maximum Gasteiger partial charge on any atom is 0.323 e. The molecule has 0 saturated carbocycles. The topological polar surface area (TPSA) is 113 Å². The molecule has 0 fully saturated rings. The highest BCUT2D eigenvalue weighted by Gasteiger charge is 2.11. The molecule has 1 unspecified atom stereocenters. The van der Waals surface area contributed by atoms with Crippen molar-refractivity contribution in [2.75, 3.05) is 19.0 Å². The number of anilines is 1. The summed E-state index contributed by atoms with van der Waals surface area (Å²) < 4.78 is 5.04. The summed E-state index contributed by atoms with van der Waals surface area (Å²) in [6.07, 6.45) is -0.106. The van der Waals surface area contributed by atoms with E-state index in [0.717, 1.165) is 0 Å². The summed E-state index contributed by atoms with van der Waals surface area (Å²) in [4.78, 5) is 28.1. The predicted molar refractivity (Wildman–Crippen MR) is 72.0 cm³/mol. The molecule has 0 spiro atoms. The van der Waals surface area contributed by atoms with Crippen molar-refractivity contribution in [3.05, 3.63) is 28.7 Å². The van der Waals surface area contributed by atoms with E-state index in [1.807, 2.05) is 0 Å². The summed E-state index contributed by atoms with van der Waals surface area (Å²) in [5, 5.41) is 2.73. The quantitative estimate of drug-likeness (QED) is 0.616. The van der Waals surface area contributed by atoms with Crippen molar-refractivity contribution in [3.63, 3.8) is 0 Å². The van der Waals surface area contributed by atoms with E-state index in [4.69, 9.17) is 10.5 Å². The van der Waals surface area contributed by atoms with E-state index in [2.05, 4.69) is 15.3 Å². The molecular weight excluding hydrogens is 248 g/mol. The molecule has 0 aliphatic rings. The summed E-state index contributed by atoms with van der Waals surface area (Å²) in [5.74, 6) is -0.186. The Kier molecular flexibility index (Phi) is 3.98. The predicted octanol–water partition coefficient (Wildman–Crippen LogP) is 0.158. The Morgan fingerprint density at radius 3 is 2.84 bits per heavy atom. The van der Waals surface area contributed by atoms with Crippen LogP contribution in [-0.2, 0) is 9.53 Å². The number of imidazole rings is 1. The van der Waals surface area contributed by atoms with Crippen molar-refractivity contribution in [2.45, 2.75) is 12.5 Å². The molecule has 1 aromatic carbocycles. The fourth-order valence-corrected chi connectivity index (χ4v) is 1.79. The van der Waals surface area contributed by atoms with E-state index in [0.29, 0.717) is 16.7 Å². The lowest BCUT2D eigenvalue weighted by molar-refractivity contribution is -0.118. The first-order valence-electron chi connectivity index (χ1n) is 5.87. The molecule has 0 aliphatic carbocycles. The summed E-state index contributed by atoms with van der Waals surface area (Å²) in [6.45, 7) is 0.286. The Hall–Kier alpha value is -2.12. The van der Waals surface area contributed by atoms with Gasteiger partial charge >= 0.3 is 5.69 Å². The lowest BCUT2D eigenvalue weighted by Gasteiger charge is -2.12. The molecule has 1 atom stereocenters. The minimum atomic E-state index is -0.296. The molecule has 102 valence electrons. The van der Waals surface area contributed by atoms with Crippen LogP contribution >= 0.6 is 0 Å². The van der Waals surface area contributed by atoms with Crippen LogP contribution in [0.25, 0.3) is 11.0 Å². The van der Waals surface area contributed by atoms with Crippen molar-refractivity contribution in [2.24, 2.45) is 5.73 Å². The van der Waals surface area contributed by atoms with Gasteiger partial charge in [0.15, 0.2) is 0 Å². The number of hydrogen-bond acceptors (Lipinski definition) is 4. The average Bonchev–Trinajstić information content (AvgIpc) is 2.75. The van der Waals surface area contributed by atoms with Crippen LogP contribution in [-0.4, -0.2) is 35.6 Å². The fraction of sp³-hybridized carbons (Fsp3) is 0.333. The molecule has 2 aromatic rings. The van der Waals surface area contributed by atoms with Crippen LogP contribution in [0.15, 0.2) is 23.0 Å². The first kappa shape index (κ1) is 13.3. The number of nitrogens with one attached hydrogen (secondary N) is 3. The van der Waals surface area contributed by atoms with Gasteiger partial charge in [-0.25, -0.2) is 4.79 Å². The number of nitrogens with two attached hydrogens (primary N) is 1. The number of amides is 1. The largest absolute Gasteiger partial charge is 0.380 e. The number of rotatable bonds is 5. The van der Waals surface area contributed by atoms with E-state index in [-0.39, 0.29) is 30.7 Å². The van der Waals surface area contributed by atoms with Crippen LogP contribution in [0.4, 0.5) is 5.69 Å². The van der Waals surface area contributed by atoms with Gasteiger partial charge in [-0.05, 0) is 18.2 Å². The number of carbonyl (C=O) groups excluding carboxylic acids is 1. The first-order valence-corrected chi connectivity index (χ1v) is 5.87. The number of fused-ring (bicyclic) bond motifs is 1. The van der Waals surface area contributed by atoms with Crippen LogP contribution < -0.4 is 16.7 Å². The average molecular weight is 264 g/mol. The Balaban J connectivity index is 2.08. The molecular formula is C12H16N4O3. The maximum absolute atomic E-state index is 11.8. The van der Waals surface area contributed by atoms with Crippen molar-refractivity contribution >= 4 is 22.6 Å².